The van der Waals surface area contributed by atoms with Crippen LogP contribution >= 0.6 is 10.7 Å². The third-order valence-electron chi connectivity index (χ3n) is 3.56. The van der Waals surface area contributed by atoms with Gasteiger partial charge in [-0.15, -0.1) is 0 Å². The average Bonchev–Trinajstić information content (AvgIpc) is 2.78. The zero-order chi connectivity index (χ0) is 17.0. The summed E-state index contributed by atoms with van der Waals surface area (Å²) in [7, 11) is 1.62. The Balaban J connectivity index is 2.18. The maximum atomic E-state index is 12.2. The lowest BCUT2D eigenvalue weighted by Crippen LogP contribution is -2.27. The second-order valence-electron chi connectivity index (χ2n) is 5.39. The topological polar surface area (TPSA) is 80.8 Å². The minimum absolute atomic E-state index is 0.0618. The van der Waals surface area contributed by atoms with Crippen molar-refractivity contribution in [2.24, 2.45) is 5.92 Å². The number of hydrogen-bond donors (Lipinski definition) is 0. The summed E-state index contributed by atoms with van der Waals surface area (Å²) in [5.74, 6) is -1.13. The molecule has 0 spiro atoms. The van der Waals surface area contributed by atoms with E-state index in [-0.39, 0.29) is 42.9 Å². The average molecular weight is 360 g/mol. The molecule has 1 aromatic carbocycles. The zero-order valence-electron chi connectivity index (χ0n) is 12.7. The van der Waals surface area contributed by atoms with Crippen molar-refractivity contribution in [3.8, 4) is 0 Å². The summed E-state index contributed by atoms with van der Waals surface area (Å²) in [6, 6.07) is 7.04. The molecule has 23 heavy (non-hydrogen) atoms. The van der Waals surface area contributed by atoms with Gasteiger partial charge < -0.3 is 9.64 Å². The van der Waals surface area contributed by atoms with Crippen LogP contribution in [-0.2, 0) is 29.8 Å². The van der Waals surface area contributed by atoms with Crippen LogP contribution in [-0.4, -0.2) is 39.2 Å². The minimum Gasteiger partial charge on any atom is -0.466 e. The molecule has 1 aliphatic heterocycles. The first kappa shape index (κ1) is 17.7. The van der Waals surface area contributed by atoms with Gasteiger partial charge in [0.2, 0.25) is 15.0 Å². The molecular weight excluding hydrogens is 342 g/mol. The third kappa shape index (κ3) is 4.94. The fourth-order valence-electron chi connectivity index (χ4n) is 2.70. The Labute approximate surface area is 139 Å². The molecule has 1 saturated heterocycles. The highest BCUT2D eigenvalue weighted by Gasteiger charge is 2.34. The second-order valence-corrected chi connectivity index (χ2v) is 8.21. The maximum absolute atomic E-state index is 12.2. The number of halogens is 1. The summed E-state index contributed by atoms with van der Waals surface area (Å²) < 4.78 is 27.3. The molecule has 0 radical (unpaired) electrons. The molecule has 1 aromatic rings. The van der Waals surface area contributed by atoms with Gasteiger partial charge in [0.15, 0.2) is 0 Å². The van der Waals surface area contributed by atoms with Gasteiger partial charge in [0.05, 0.1) is 18.8 Å². The number of hydrogen-bond acceptors (Lipinski definition) is 5. The molecule has 8 heteroatoms. The molecule has 1 atom stereocenters. The Morgan fingerprint density at radius 2 is 2.09 bits per heavy atom. The van der Waals surface area contributed by atoms with Crippen LogP contribution in [0.3, 0.4) is 0 Å². The zero-order valence-corrected chi connectivity index (χ0v) is 14.3. The largest absolute Gasteiger partial charge is 0.466 e. The first-order valence-corrected chi connectivity index (χ1v) is 9.74. The summed E-state index contributed by atoms with van der Waals surface area (Å²) in [6.45, 7) is 2.29. The highest BCUT2D eigenvalue weighted by molar-refractivity contribution is 8.13. The lowest BCUT2D eigenvalue weighted by Gasteiger charge is -2.20. The van der Waals surface area contributed by atoms with Crippen molar-refractivity contribution in [2.75, 3.05) is 23.8 Å². The smallest absolute Gasteiger partial charge is 0.310 e. The minimum atomic E-state index is -3.65. The molecule has 0 bridgehead atoms. The lowest BCUT2D eigenvalue weighted by atomic mass is 10.1. The standard InChI is InChI=1S/C15H18ClNO5S/c1-2-22-15(19)8-12-5-3-4-6-13(12)17-9-11(7-14(17)18)10-23(16,20)21/h3-6,11H,2,7-10H2,1H3. The number of carbonyl (C=O) groups is 2. The van der Waals surface area contributed by atoms with Gasteiger partial charge >= 0.3 is 5.97 Å². The van der Waals surface area contributed by atoms with Crippen LogP contribution in [0.5, 0.6) is 0 Å². The second kappa shape index (κ2) is 7.31. The van der Waals surface area contributed by atoms with Crippen molar-refractivity contribution in [1.29, 1.82) is 0 Å². The Hall–Kier alpha value is -1.60. The van der Waals surface area contributed by atoms with Gasteiger partial charge in [-0.25, -0.2) is 8.42 Å². The Morgan fingerprint density at radius 3 is 2.74 bits per heavy atom. The van der Waals surface area contributed by atoms with Crippen molar-refractivity contribution in [1.82, 2.24) is 0 Å². The van der Waals surface area contributed by atoms with Gasteiger partial charge in [-0.2, -0.15) is 0 Å². The highest BCUT2D eigenvalue weighted by Crippen LogP contribution is 2.29. The molecule has 1 unspecified atom stereocenters. The van der Waals surface area contributed by atoms with Crippen molar-refractivity contribution in [3.05, 3.63) is 29.8 Å². The number of rotatable bonds is 6. The molecular formula is C15H18ClNO5S. The molecule has 0 saturated carbocycles. The van der Waals surface area contributed by atoms with Gasteiger partial charge in [0.25, 0.3) is 0 Å². The van der Waals surface area contributed by atoms with Crippen molar-refractivity contribution < 1.29 is 22.7 Å². The van der Waals surface area contributed by atoms with Crippen LogP contribution < -0.4 is 4.90 Å². The number of amides is 1. The van der Waals surface area contributed by atoms with Gasteiger partial charge in [0.1, 0.15) is 0 Å². The van der Waals surface area contributed by atoms with Gasteiger partial charge in [0, 0.05) is 35.3 Å². The van der Waals surface area contributed by atoms with Crippen molar-refractivity contribution >= 4 is 37.3 Å². The highest BCUT2D eigenvalue weighted by atomic mass is 35.7. The van der Waals surface area contributed by atoms with Crippen LogP contribution in [0.4, 0.5) is 5.69 Å². The summed E-state index contributed by atoms with van der Waals surface area (Å²) >= 11 is 0. The first-order chi connectivity index (χ1) is 10.8. The van der Waals surface area contributed by atoms with Crippen LogP contribution in [0, 0.1) is 5.92 Å². The molecule has 6 nitrogen and oxygen atoms in total. The van der Waals surface area contributed by atoms with Crippen molar-refractivity contribution in [2.45, 2.75) is 19.8 Å². The Kier molecular flexibility index (Phi) is 5.64. The molecule has 1 fully saturated rings. The molecule has 1 amide bonds. The van der Waals surface area contributed by atoms with Gasteiger partial charge in [-0.1, -0.05) is 18.2 Å². The van der Waals surface area contributed by atoms with Crippen LogP contribution in [0.1, 0.15) is 18.9 Å². The SMILES string of the molecule is CCOC(=O)Cc1ccccc1N1CC(CS(=O)(=O)Cl)CC1=O. The molecule has 0 aliphatic carbocycles. The number of nitrogens with zero attached hydrogens (tertiary/aromatic N) is 1. The van der Waals surface area contributed by atoms with Gasteiger partial charge in [-0.05, 0) is 18.6 Å². The third-order valence-corrected chi connectivity index (χ3v) is 4.81. The van der Waals surface area contributed by atoms with E-state index in [2.05, 4.69) is 0 Å². The first-order valence-electron chi connectivity index (χ1n) is 7.26. The quantitative estimate of drug-likeness (QED) is 0.570. The molecule has 2 rings (SSSR count). The van der Waals surface area contributed by atoms with Crippen LogP contribution in [0.25, 0.3) is 0 Å². The number of carbonyl (C=O) groups excluding carboxylic acids is 2. The molecule has 126 valence electrons. The molecule has 1 heterocycles. The number of anilines is 1. The van der Waals surface area contributed by atoms with E-state index >= 15 is 0 Å². The van der Waals surface area contributed by atoms with E-state index < -0.39 is 9.05 Å². The molecule has 1 aliphatic rings. The van der Waals surface area contributed by atoms with E-state index in [1.165, 1.54) is 4.90 Å². The number of benzene rings is 1. The fourth-order valence-corrected chi connectivity index (χ4v) is 4.02. The molecule has 0 N–H and O–H groups in total. The van der Waals surface area contributed by atoms with E-state index in [1.54, 1.807) is 31.2 Å². The van der Waals surface area contributed by atoms with E-state index in [0.29, 0.717) is 17.9 Å². The Morgan fingerprint density at radius 1 is 1.39 bits per heavy atom. The number of ether oxygens (including phenoxy) is 1. The van der Waals surface area contributed by atoms with E-state index in [9.17, 15) is 18.0 Å². The number of para-hydroxylation sites is 1. The summed E-state index contributed by atoms with van der Waals surface area (Å²) in [6.07, 6.45) is 0.186. The molecule has 0 aromatic heterocycles. The van der Waals surface area contributed by atoms with E-state index in [0.717, 1.165) is 0 Å². The predicted molar refractivity (Wildman–Crippen MR) is 86.9 cm³/mol. The Bertz CT molecular complexity index is 704. The summed E-state index contributed by atoms with van der Waals surface area (Å²) in [5.41, 5.74) is 1.29. The van der Waals surface area contributed by atoms with Crippen LogP contribution in [0.2, 0.25) is 0 Å². The van der Waals surface area contributed by atoms with E-state index in [4.69, 9.17) is 15.4 Å². The van der Waals surface area contributed by atoms with Gasteiger partial charge in [-0.3, -0.25) is 9.59 Å². The van der Waals surface area contributed by atoms with Crippen LogP contribution in [0.15, 0.2) is 24.3 Å². The predicted octanol–water partition coefficient (Wildman–Crippen LogP) is 1.71. The fraction of sp³-hybridized carbons (Fsp3) is 0.467. The summed E-state index contributed by atoms with van der Waals surface area (Å²) in [5, 5.41) is 0. The monoisotopic (exact) mass is 359 g/mol. The number of esters is 1. The van der Waals surface area contributed by atoms with E-state index in [1.807, 2.05) is 0 Å². The summed E-state index contributed by atoms with van der Waals surface area (Å²) in [4.78, 5) is 25.4. The lowest BCUT2D eigenvalue weighted by molar-refractivity contribution is -0.142. The van der Waals surface area contributed by atoms with Crippen molar-refractivity contribution in [3.63, 3.8) is 0 Å². The maximum Gasteiger partial charge on any atom is 0.310 e. The normalized spacial score (nSPS) is 18.3.